The van der Waals surface area contributed by atoms with E-state index in [0.717, 1.165) is 50.6 Å². The number of nitrogens with zero attached hydrogens (tertiary/aromatic N) is 3. The average Bonchev–Trinajstić information content (AvgIpc) is 2.76. The quantitative estimate of drug-likeness (QED) is 0.713. The van der Waals surface area contributed by atoms with Crippen molar-refractivity contribution in [2.24, 2.45) is 0 Å². The monoisotopic (exact) mass is 418 g/mol. The Bertz CT molecular complexity index is 808. The molecule has 0 amide bonds. The van der Waals surface area contributed by atoms with Crippen molar-refractivity contribution in [2.45, 2.75) is 37.8 Å². The SMILES string of the molecule is COc1cc(Nc2nccc(Cl)n2)ccc1OC1CCC(N2CCOCC2)CC1. The van der Waals surface area contributed by atoms with Crippen LogP contribution in [0.4, 0.5) is 11.6 Å². The van der Waals surface area contributed by atoms with E-state index in [1.165, 1.54) is 12.8 Å². The highest BCUT2D eigenvalue weighted by Crippen LogP contribution is 2.34. The highest BCUT2D eigenvalue weighted by Gasteiger charge is 2.28. The minimum absolute atomic E-state index is 0.219. The second kappa shape index (κ2) is 9.61. The molecule has 1 saturated heterocycles. The fourth-order valence-electron chi connectivity index (χ4n) is 4.02. The predicted octanol–water partition coefficient (Wildman–Crippen LogP) is 3.90. The van der Waals surface area contributed by atoms with Crippen LogP contribution in [0.25, 0.3) is 0 Å². The Morgan fingerprint density at radius 1 is 1.10 bits per heavy atom. The molecule has 29 heavy (non-hydrogen) atoms. The Hall–Kier alpha value is -2.09. The Morgan fingerprint density at radius 3 is 2.62 bits per heavy atom. The van der Waals surface area contributed by atoms with E-state index in [4.69, 9.17) is 25.8 Å². The lowest BCUT2D eigenvalue weighted by molar-refractivity contribution is -0.00121. The van der Waals surface area contributed by atoms with Crippen LogP contribution in [0.2, 0.25) is 5.15 Å². The van der Waals surface area contributed by atoms with Gasteiger partial charge in [0.25, 0.3) is 0 Å². The van der Waals surface area contributed by atoms with Crippen molar-refractivity contribution in [1.82, 2.24) is 14.9 Å². The van der Waals surface area contributed by atoms with E-state index in [0.29, 0.717) is 22.9 Å². The van der Waals surface area contributed by atoms with E-state index in [1.54, 1.807) is 19.4 Å². The molecule has 0 radical (unpaired) electrons. The van der Waals surface area contributed by atoms with Gasteiger partial charge < -0.3 is 19.5 Å². The number of hydrogen-bond donors (Lipinski definition) is 1. The predicted molar refractivity (Wildman–Crippen MR) is 112 cm³/mol. The fraction of sp³-hybridized carbons (Fsp3) is 0.524. The lowest BCUT2D eigenvalue weighted by Gasteiger charge is -2.38. The highest BCUT2D eigenvalue weighted by atomic mass is 35.5. The summed E-state index contributed by atoms with van der Waals surface area (Å²) in [6.07, 6.45) is 6.27. The number of aromatic nitrogens is 2. The maximum atomic E-state index is 6.29. The van der Waals surface area contributed by atoms with Gasteiger partial charge in [-0.15, -0.1) is 0 Å². The molecular weight excluding hydrogens is 392 g/mol. The number of ether oxygens (including phenoxy) is 3. The van der Waals surface area contributed by atoms with Crippen LogP contribution in [0.15, 0.2) is 30.5 Å². The molecule has 7 nitrogen and oxygen atoms in total. The van der Waals surface area contributed by atoms with Crippen molar-refractivity contribution in [3.05, 3.63) is 35.6 Å². The number of nitrogens with one attached hydrogen (secondary N) is 1. The number of hydrogen-bond acceptors (Lipinski definition) is 7. The number of benzene rings is 1. The number of anilines is 2. The fourth-order valence-corrected chi connectivity index (χ4v) is 4.16. The molecule has 2 fully saturated rings. The van der Waals surface area contributed by atoms with Crippen LogP contribution >= 0.6 is 11.6 Å². The molecule has 1 aliphatic carbocycles. The molecule has 0 unspecified atom stereocenters. The van der Waals surface area contributed by atoms with E-state index in [2.05, 4.69) is 20.2 Å². The summed E-state index contributed by atoms with van der Waals surface area (Å²) in [5.74, 6) is 1.89. The molecule has 0 spiro atoms. The molecule has 1 aliphatic heterocycles. The maximum Gasteiger partial charge on any atom is 0.228 e. The molecule has 0 bridgehead atoms. The van der Waals surface area contributed by atoms with Gasteiger partial charge in [-0.1, -0.05) is 11.6 Å². The number of halogens is 1. The summed E-state index contributed by atoms with van der Waals surface area (Å²) in [6.45, 7) is 3.81. The van der Waals surface area contributed by atoms with Gasteiger partial charge in [-0.3, -0.25) is 4.90 Å². The van der Waals surface area contributed by atoms with Gasteiger partial charge in [0, 0.05) is 37.1 Å². The molecule has 2 aliphatic rings. The third kappa shape index (κ3) is 5.29. The van der Waals surface area contributed by atoms with Crippen LogP contribution in [-0.2, 0) is 4.74 Å². The Labute approximate surface area is 176 Å². The van der Waals surface area contributed by atoms with Gasteiger partial charge in [0.1, 0.15) is 5.15 Å². The van der Waals surface area contributed by atoms with Crippen molar-refractivity contribution in [3.63, 3.8) is 0 Å². The van der Waals surface area contributed by atoms with E-state index in [9.17, 15) is 0 Å². The van der Waals surface area contributed by atoms with Gasteiger partial charge in [-0.05, 0) is 43.9 Å². The molecule has 1 saturated carbocycles. The zero-order chi connectivity index (χ0) is 20.1. The van der Waals surface area contributed by atoms with Crippen LogP contribution in [0.1, 0.15) is 25.7 Å². The molecule has 0 atom stereocenters. The van der Waals surface area contributed by atoms with E-state index >= 15 is 0 Å². The van der Waals surface area contributed by atoms with Crippen LogP contribution in [-0.4, -0.2) is 60.4 Å². The van der Waals surface area contributed by atoms with Crippen LogP contribution in [0.3, 0.4) is 0 Å². The third-order valence-corrected chi connectivity index (χ3v) is 5.75. The van der Waals surface area contributed by atoms with Crippen molar-refractivity contribution < 1.29 is 14.2 Å². The smallest absolute Gasteiger partial charge is 0.228 e. The van der Waals surface area contributed by atoms with Gasteiger partial charge >= 0.3 is 0 Å². The molecule has 8 heteroatoms. The number of rotatable bonds is 6. The van der Waals surface area contributed by atoms with E-state index in [-0.39, 0.29) is 6.10 Å². The number of methoxy groups -OCH3 is 1. The summed E-state index contributed by atoms with van der Waals surface area (Å²) in [4.78, 5) is 10.9. The molecule has 1 N–H and O–H groups in total. The Morgan fingerprint density at radius 2 is 1.90 bits per heavy atom. The molecule has 1 aromatic heterocycles. The van der Waals surface area contributed by atoms with Crippen molar-refractivity contribution in [2.75, 3.05) is 38.7 Å². The first kappa shape index (κ1) is 20.2. The third-order valence-electron chi connectivity index (χ3n) is 5.54. The lowest BCUT2D eigenvalue weighted by Crippen LogP contribution is -2.46. The minimum Gasteiger partial charge on any atom is -0.493 e. The molecular formula is C21H27ClN4O3. The summed E-state index contributed by atoms with van der Waals surface area (Å²) in [6, 6.07) is 8.04. The molecule has 1 aromatic carbocycles. The maximum absolute atomic E-state index is 6.29. The summed E-state index contributed by atoms with van der Waals surface area (Å²) in [5, 5.41) is 3.53. The van der Waals surface area contributed by atoms with Crippen LogP contribution in [0, 0.1) is 0 Å². The Balaban J connectivity index is 1.35. The van der Waals surface area contributed by atoms with E-state index < -0.39 is 0 Å². The van der Waals surface area contributed by atoms with E-state index in [1.807, 2.05) is 18.2 Å². The standard InChI is InChI=1S/C21H27ClN4O3/c1-27-19-14-15(24-21-23-9-8-20(22)25-21)2-7-18(19)29-17-5-3-16(4-6-17)26-10-12-28-13-11-26/h2,7-9,14,16-17H,3-6,10-13H2,1H3,(H,23,24,25). The summed E-state index contributed by atoms with van der Waals surface area (Å²) in [7, 11) is 1.65. The first-order valence-corrected chi connectivity index (χ1v) is 10.5. The van der Waals surface area contributed by atoms with Crippen molar-refractivity contribution in [3.8, 4) is 11.5 Å². The Kier molecular flexibility index (Phi) is 6.69. The lowest BCUT2D eigenvalue weighted by atomic mass is 9.91. The van der Waals surface area contributed by atoms with Gasteiger partial charge in [-0.2, -0.15) is 0 Å². The second-order valence-electron chi connectivity index (χ2n) is 7.39. The highest BCUT2D eigenvalue weighted by molar-refractivity contribution is 6.29. The van der Waals surface area contributed by atoms with Crippen molar-refractivity contribution >= 4 is 23.2 Å². The topological polar surface area (TPSA) is 68.7 Å². The molecule has 4 rings (SSSR count). The summed E-state index contributed by atoms with van der Waals surface area (Å²) >= 11 is 5.92. The van der Waals surface area contributed by atoms with Crippen LogP contribution < -0.4 is 14.8 Å². The minimum atomic E-state index is 0.219. The first-order valence-electron chi connectivity index (χ1n) is 10.1. The molecule has 156 valence electrons. The zero-order valence-electron chi connectivity index (χ0n) is 16.6. The largest absolute Gasteiger partial charge is 0.493 e. The van der Waals surface area contributed by atoms with Gasteiger partial charge in [-0.25, -0.2) is 9.97 Å². The van der Waals surface area contributed by atoms with Gasteiger partial charge in [0.05, 0.1) is 26.4 Å². The number of morpholine rings is 1. The normalized spacial score (nSPS) is 22.8. The average molecular weight is 419 g/mol. The second-order valence-corrected chi connectivity index (χ2v) is 7.78. The van der Waals surface area contributed by atoms with Crippen molar-refractivity contribution in [1.29, 1.82) is 0 Å². The first-order chi connectivity index (χ1) is 14.2. The van der Waals surface area contributed by atoms with Gasteiger partial charge in [0.2, 0.25) is 5.95 Å². The van der Waals surface area contributed by atoms with Crippen LogP contribution in [0.5, 0.6) is 11.5 Å². The molecule has 2 heterocycles. The summed E-state index contributed by atoms with van der Waals surface area (Å²) in [5.41, 5.74) is 0.812. The zero-order valence-corrected chi connectivity index (χ0v) is 17.4. The van der Waals surface area contributed by atoms with Gasteiger partial charge in [0.15, 0.2) is 11.5 Å². The molecule has 2 aromatic rings. The summed E-state index contributed by atoms with van der Waals surface area (Å²) < 4.78 is 17.3.